The van der Waals surface area contributed by atoms with Crippen molar-refractivity contribution in [2.24, 2.45) is 0 Å². The molecule has 0 unspecified atom stereocenters. The molecule has 0 aromatic carbocycles. The zero-order valence-electron chi connectivity index (χ0n) is 9.01. The van der Waals surface area contributed by atoms with Crippen LogP contribution in [0.2, 0.25) is 0 Å². The first kappa shape index (κ1) is 10.5. The molecule has 0 spiro atoms. The van der Waals surface area contributed by atoms with E-state index in [1.54, 1.807) is 23.9 Å². The monoisotopic (exact) mass is 222 g/mol. The zero-order chi connectivity index (χ0) is 11.5. The maximum absolute atomic E-state index is 12.9. The first-order valence-corrected chi connectivity index (χ1v) is 4.89. The van der Waals surface area contributed by atoms with E-state index in [2.05, 4.69) is 15.1 Å². The third kappa shape index (κ3) is 2.00. The Kier molecular flexibility index (Phi) is 2.80. The van der Waals surface area contributed by atoms with Gasteiger partial charge in [-0.25, -0.2) is 14.1 Å². The maximum atomic E-state index is 12.9. The minimum Gasteiger partial charge on any atom is -0.405 e. The SMILES string of the molecule is CCn1nccc1Oc1ncc(F)c(C)n1. The van der Waals surface area contributed by atoms with Crippen LogP contribution >= 0.6 is 0 Å². The second-order valence-corrected chi connectivity index (χ2v) is 3.17. The van der Waals surface area contributed by atoms with E-state index in [4.69, 9.17) is 4.74 Å². The van der Waals surface area contributed by atoms with Crippen LogP contribution < -0.4 is 4.74 Å². The van der Waals surface area contributed by atoms with Gasteiger partial charge in [-0.05, 0) is 13.8 Å². The van der Waals surface area contributed by atoms with Crippen molar-refractivity contribution < 1.29 is 9.13 Å². The fraction of sp³-hybridized carbons (Fsp3) is 0.300. The minimum absolute atomic E-state index is 0.120. The van der Waals surface area contributed by atoms with Gasteiger partial charge in [0.05, 0.1) is 18.1 Å². The van der Waals surface area contributed by atoms with Crippen LogP contribution in [0.3, 0.4) is 0 Å². The van der Waals surface area contributed by atoms with Crippen LogP contribution in [0, 0.1) is 12.7 Å². The zero-order valence-corrected chi connectivity index (χ0v) is 9.01. The molecule has 0 bridgehead atoms. The van der Waals surface area contributed by atoms with Crippen molar-refractivity contribution in [2.75, 3.05) is 0 Å². The molecule has 2 aromatic rings. The van der Waals surface area contributed by atoms with Gasteiger partial charge in [0.2, 0.25) is 5.88 Å². The van der Waals surface area contributed by atoms with E-state index in [1.807, 2.05) is 6.92 Å². The number of hydrogen-bond donors (Lipinski definition) is 0. The van der Waals surface area contributed by atoms with Crippen molar-refractivity contribution in [2.45, 2.75) is 20.4 Å². The highest BCUT2D eigenvalue weighted by molar-refractivity contribution is 5.15. The average molecular weight is 222 g/mol. The molecule has 0 aliphatic rings. The summed E-state index contributed by atoms with van der Waals surface area (Å²) in [6.45, 7) is 4.18. The van der Waals surface area contributed by atoms with Crippen LogP contribution in [-0.2, 0) is 6.54 Å². The molecule has 0 aliphatic carbocycles. The summed E-state index contributed by atoms with van der Waals surface area (Å²) in [7, 11) is 0. The summed E-state index contributed by atoms with van der Waals surface area (Å²) in [6, 6.07) is 1.82. The van der Waals surface area contributed by atoms with E-state index in [0.29, 0.717) is 12.4 Å². The van der Waals surface area contributed by atoms with Gasteiger partial charge in [-0.3, -0.25) is 0 Å². The summed E-state index contributed by atoms with van der Waals surface area (Å²) in [6.07, 6.45) is 2.71. The Hall–Kier alpha value is -1.98. The summed E-state index contributed by atoms with van der Waals surface area (Å²) < 4.78 is 20.0. The Labute approximate surface area is 91.9 Å². The topological polar surface area (TPSA) is 52.8 Å². The molecule has 0 N–H and O–H groups in total. The fourth-order valence-corrected chi connectivity index (χ4v) is 1.22. The van der Waals surface area contributed by atoms with Gasteiger partial charge in [-0.15, -0.1) is 0 Å². The highest BCUT2D eigenvalue weighted by Gasteiger charge is 2.07. The van der Waals surface area contributed by atoms with Crippen molar-refractivity contribution in [3.8, 4) is 11.9 Å². The minimum atomic E-state index is -0.448. The lowest BCUT2D eigenvalue weighted by Gasteiger charge is -2.05. The van der Waals surface area contributed by atoms with Gasteiger partial charge in [0, 0.05) is 12.6 Å². The van der Waals surface area contributed by atoms with Crippen LogP contribution in [0.4, 0.5) is 4.39 Å². The van der Waals surface area contributed by atoms with Gasteiger partial charge in [-0.2, -0.15) is 10.1 Å². The molecule has 0 fully saturated rings. The Morgan fingerprint density at radius 2 is 2.31 bits per heavy atom. The fourth-order valence-electron chi connectivity index (χ4n) is 1.22. The molecule has 0 amide bonds. The Morgan fingerprint density at radius 1 is 1.50 bits per heavy atom. The summed E-state index contributed by atoms with van der Waals surface area (Å²) >= 11 is 0. The molecule has 84 valence electrons. The predicted molar refractivity (Wildman–Crippen MR) is 54.7 cm³/mol. The van der Waals surface area contributed by atoms with Crippen molar-refractivity contribution in [3.05, 3.63) is 30.0 Å². The number of nitrogens with zero attached hydrogens (tertiary/aromatic N) is 4. The first-order valence-electron chi connectivity index (χ1n) is 4.89. The summed E-state index contributed by atoms with van der Waals surface area (Å²) in [5, 5.41) is 4.03. The molecule has 0 saturated carbocycles. The number of aromatic nitrogens is 4. The lowest BCUT2D eigenvalue weighted by Crippen LogP contribution is -2.02. The van der Waals surface area contributed by atoms with E-state index < -0.39 is 5.82 Å². The lowest BCUT2D eigenvalue weighted by molar-refractivity contribution is 0.384. The standard InChI is InChI=1S/C10H11FN4O/c1-3-15-9(4-5-13-15)16-10-12-6-8(11)7(2)14-10/h4-6H,3H2,1-2H3. The second kappa shape index (κ2) is 4.26. The lowest BCUT2D eigenvalue weighted by atomic mass is 10.4. The molecule has 0 radical (unpaired) electrons. The molecular formula is C10H11FN4O. The summed E-state index contributed by atoms with van der Waals surface area (Å²) in [5.41, 5.74) is 0.257. The molecule has 0 saturated heterocycles. The molecule has 0 atom stereocenters. The van der Waals surface area contributed by atoms with Crippen LogP contribution in [0.1, 0.15) is 12.6 Å². The molecule has 2 rings (SSSR count). The maximum Gasteiger partial charge on any atom is 0.323 e. The smallest absolute Gasteiger partial charge is 0.323 e. The van der Waals surface area contributed by atoms with Gasteiger partial charge in [0.15, 0.2) is 5.82 Å². The Balaban J connectivity index is 2.24. The highest BCUT2D eigenvalue weighted by atomic mass is 19.1. The quantitative estimate of drug-likeness (QED) is 0.796. The van der Waals surface area contributed by atoms with Crippen molar-refractivity contribution in [1.29, 1.82) is 0 Å². The normalized spacial score (nSPS) is 10.4. The van der Waals surface area contributed by atoms with Gasteiger partial charge in [0.1, 0.15) is 0 Å². The molecule has 5 nitrogen and oxygen atoms in total. The van der Waals surface area contributed by atoms with Gasteiger partial charge < -0.3 is 4.74 Å². The highest BCUT2D eigenvalue weighted by Crippen LogP contribution is 2.17. The predicted octanol–water partition coefficient (Wildman–Crippen LogP) is 1.93. The van der Waals surface area contributed by atoms with E-state index in [0.717, 1.165) is 6.20 Å². The Bertz CT molecular complexity index is 497. The van der Waals surface area contributed by atoms with E-state index >= 15 is 0 Å². The number of aryl methyl sites for hydroxylation is 2. The van der Waals surface area contributed by atoms with Crippen LogP contribution in [0.25, 0.3) is 0 Å². The van der Waals surface area contributed by atoms with E-state index in [9.17, 15) is 4.39 Å². The van der Waals surface area contributed by atoms with Gasteiger partial charge in [0.25, 0.3) is 0 Å². The van der Waals surface area contributed by atoms with Gasteiger partial charge >= 0.3 is 6.01 Å². The number of ether oxygens (including phenoxy) is 1. The largest absolute Gasteiger partial charge is 0.405 e. The van der Waals surface area contributed by atoms with Crippen molar-refractivity contribution in [3.63, 3.8) is 0 Å². The summed E-state index contributed by atoms with van der Waals surface area (Å²) in [5.74, 6) is 0.0878. The molecule has 0 aliphatic heterocycles. The number of rotatable bonds is 3. The summed E-state index contributed by atoms with van der Waals surface area (Å²) in [4.78, 5) is 7.61. The molecule has 6 heteroatoms. The second-order valence-electron chi connectivity index (χ2n) is 3.17. The number of hydrogen-bond acceptors (Lipinski definition) is 4. The van der Waals surface area contributed by atoms with Crippen LogP contribution in [0.15, 0.2) is 18.5 Å². The van der Waals surface area contributed by atoms with Crippen LogP contribution in [0.5, 0.6) is 11.9 Å². The van der Waals surface area contributed by atoms with Crippen LogP contribution in [-0.4, -0.2) is 19.7 Å². The third-order valence-corrected chi connectivity index (χ3v) is 2.07. The molecule has 2 aromatic heterocycles. The molecular weight excluding hydrogens is 211 g/mol. The van der Waals surface area contributed by atoms with Gasteiger partial charge in [-0.1, -0.05) is 0 Å². The van der Waals surface area contributed by atoms with E-state index in [-0.39, 0.29) is 11.7 Å². The first-order chi connectivity index (χ1) is 7.70. The van der Waals surface area contributed by atoms with Crippen molar-refractivity contribution in [1.82, 2.24) is 19.7 Å². The van der Waals surface area contributed by atoms with E-state index in [1.165, 1.54) is 0 Å². The Morgan fingerprint density at radius 3 is 3.00 bits per heavy atom. The molecule has 2 heterocycles. The molecule has 16 heavy (non-hydrogen) atoms. The average Bonchev–Trinajstić information content (AvgIpc) is 2.71. The number of halogens is 1. The van der Waals surface area contributed by atoms with Crippen molar-refractivity contribution >= 4 is 0 Å². The third-order valence-electron chi connectivity index (χ3n) is 2.07.